The largest absolute Gasteiger partial charge is 0.288 e. The summed E-state index contributed by atoms with van der Waals surface area (Å²) in [6, 6.07) is 11.5. The molecule has 19 heavy (non-hydrogen) atoms. The van der Waals surface area contributed by atoms with Gasteiger partial charge in [-0.05, 0) is 32.0 Å². The van der Waals surface area contributed by atoms with E-state index in [1.54, 1.807) is 12.1 Å². The van der Waals surface area contributed by atoms with Crippen LogP contribution in [-0.2, 0) is 0 Å². The van der Waals surface area contributed by atoms with Gasteiger partial charge in [-0.3, -0.25) is 4.40 Å². The molecule has 3 aromatic rings. The van der Waals surface area contributed by atoms with Crippen LogP contribution < -0.4 is 0 Å². The van der Waals surface area contributed by atoms with Crippen LogP contribution in [0.15, 0.2) is 36.5 Å². The van der Waals surface area contributed by atoms with Crippen molar-refractivity contribution in [2.24, 2.45) is 0 Å². The van der Waals surface area contributed by atoms with Crippen molar-refractivity contribution < 1.29 is 0 Å². The average Bonchev–Trinajstić information content (AvgIpc) is 2.83. The molecule has 0 radical (unpaired) electrons. The van der Waals surface area contributed by atoms with Gasteiger partial charge in [0, 0.05) is 23.1 Å². The molecule has 0 amide bonds. The van der Waals surface area contributed by atoms with Gasteiger partial charge < -0.3 is 0 Å². The first-order valence-electron chi connectivity index (χ1n) is 6.01. The van der Waals surface area contributed by atoms with Crippen LogP contribution in [0.3, 0.4) is 0 Å². The Morgan fingerprint density at radius 2 is 1.84 bits per heavy atom. The molecule has 1 aromatic carbocycles. The van der Waals surface area contributed by atoms with Gasteiger partial charge in [0.2, 0.25) is 5.78 Å². The van der Waals surface area contributed by atoms with E-state index in [9.17, 15) is 0 Å². The summed E-state index contributed by atoms with van der Waals surface area (Å²) in [5.74, 6) is 0.705. The van der Waals surface area contributed by atoms with Gasteiger partial charge in [-0.25, -0.2) is 9.97 Å². The zero-order valence-electron chi connectivity index (χ0n) is 10.8. The number of aromatic nitrogens is 3. The van der Waals surface area contributed by atoms with Gasteiger partial charge in [0.15, 0.2) is 0 Å². The van der Waals surface area contributed by atoms with Crippen molar-refractivity contribution in [2.45, 2.75) is 13.8 Å². The molecule has 4 heteroatoms. The Balaban J connectivity index is 2.15. The number of nitrogens with zero attached hydrogens (tertiary/aromatic N) is 4. The van der Waals surface area contributed by atoms with Crippen molar-refractivity contribution in [1.82, 2.24) is 14.4 Å². The minimum absolute atomic E-state index is 0.651. The molecule has 2 heterocycles. The molecule has 0 spiro atoms. The first-order chi connectivity index (χ1) is 9.17. The Kier molecular flexibility index (Phi) is 2.53. The smallest absolute Gasteiger partial charge is 0.234 e. The summed E-state index contributed by atoms with van der Waals surface area (Å²) in [7, 11) is 0. The maximum absolute atomic E-state index is 8.80. The van der Waals surface area contributed by atoms with Gasteiger partial charge in [0.25, 0.3) is 0 Å². The van der Waals surface area contributed by atoms with Crippen molar-refractivity contribution in [1.29, 1.82) is 5.26 Å². The summed E-state index contributed by atoms with van der Waals surface area (Å²) in [5, 5.41) is 8.80. The fraction of sp³-hybridized carbons (Fsp3) is 0.133. The van der Waals surface area contributed by atoms with Crippen molar-refractivity contribution in [3.05, 3.63) is 53.5 Å². The number of nitriles is 1. The number of hydrogen-bond acceptors (Lipinski definition) is 3. The summed E-state index contributed by atoms with van der Waals surface area (Å²) < 4.78 is 1.97. The highest BCUT2D eigenvalue weighted by atomic mass is 15.1. The second-order valence-electron chi connectivity index (χ2n) is 4.52. The molecular formula is C15H12N4. The lowest BCUT2D eigenvalue weighted by molar-refractivity contribution is 1.01. The lowest BCUT2D eigenvalue weighted by Crippen LogP contribution is -1.94. The molecule has 0 fully saturated rings. The molecule has 0 aliphatic carbocycles. The van der Waals surface area contributed by atoms with Crippen LogP contribution in [0.4, 0.5) is 0 Å². The Labute approximate surface area is 111 Å². The first kappa shape index (κ1) is 11.4. The van der Waals surface area contributed by atoms with Gasteiger partial charge in [-0.15, -0.1) is 0 Å². The number of aryl methyl sites for hydroxylation is 2. The van der Waals surface area contributed by atoms with Crippen molar-refractivity contribution in [3.63, 3.8) is 0 Å². The molecule has 3 rings (SSSR count). The van der Waals surface area contributed by atoms with Gasteiger partial charge in [0.1, 0.15) is 0 Å². The predicted molar refractivity (Wildman–Crippen MR) is 72.6 cm³/mol. The third kappa shape index (κ3) is 1.95. The minimum atomic E-state index is 0.651. The standard InChI is InChI=1S/C15H12N4/c1-10-7-11(2)19-9-14(18-15(19)17-10)13-5-3-12(8-16)4-6-13/h3-7,9H,1-2H3. The van der Waals surface area contributed by atoms with Gasteiger partial charge >= 0.3 is 0 Å². The van der Waals surface area contributed by atoms with Crippen LogP contribution in [0.5, 0.6) is 0 Å². The Hall–Kier alpha value is -2.67. The number of fused-ring (bicyclic) bond motifs is 1. The van der Waals surface area contributed by atoms with E-state index in [0.717, 1.165) is 22.6 Å². The van der Waals surface area contributed by atoms with Crippen LogP contribution in [-0.4, -0.2) is 14.4 Å². The molecular weight excluding hydrogens is 236 g/mol. The molecule has 2 aromatic heterocycles. The molecule has 0 saturated carbocycles. The molecule has 0 bridgehead atoms. The van der Waals surface area contributed by atoms with E-state index < -0.39 is 0 Å². The highest BCUT2D eigenvalue weighted by molar-refractivity contribution is 5.62. The van der Waals surface area contributed by atoms with Crippen molar-refractivity contribution in [3.8, 4) is 17.3 Å². The third-order valence-corrected chi connectivity index (χ3v) is 3.07. The quantitative estimate of drug-likeness (QED) is 0.665. The molecule has 0 aliphatic rings. The van der Waals surface area contributed by atoms with E-state index >= 15 is 0 Å². The van der Waals surface area contributed by atoms with E-state index in [2.05, 4.69) is 16.0 Å². The maximum atomic E-state index is 8.80. The van der Waals surface area contributed by atoms with E-state index in [1.807, 2.05) is 42.6 Å². The molecule has 0 saturated heterocycles. The predicted octanol–water partition coefficient (Wildman–Crippen LogP) is 2.88. The third-order valence-electron chi connectivity index (χ3n) is 3.07. The lowest BCUT2D eigenvalue weighted by Gasteiger charge is -1.98. The fourth-order valence-corrected chi connectivity index (χ4v) is 2.13. The maximum Gasteiger partial charge on any atom is 0.234 e. The summed E-state index contributed by atoms with van der Waals surface area (Å²) in [6.07, 6.45) is 1.97. The van der Waals surface area contributed by atoms with E-state index in [-0.39, 0.29) is 0 Å². The molecule has 0 atom stereocenters. The topological polar surface area (TPSA) is 54.0 Å². The van der Waals surface area contributed by atoms with Crippen molar-refractivity contribution in [2.75, 3.05) is 0 Å². The summed E-state index contributed by atoms with van der Waals surface area (Å²) in [6.45, 7) is 4.00. The fourth-order valence-electron chi connectivity index (χ4n) is 2.13. The Bertz CT molecular complexity index is 791. The number of hydrogen-bond donors (Lipinski definition) is 0. The van der Waals surface area contributed by atoms with Gasteiger partial charge in [-0.2, -0.15) is 5.26 Å². The first-order valence-corrected chi connectivity index (χ1v) is 6.01. The normalized spacial score (nSPS) is 10.6. The van der Waals surface area contributed by atoms with Crippen LogP contribution in [0.25, 0.3) is 17.0 Å². The molecule has 92 valence electrons. The highest BCUT2D eigenvalue weighted by Crippen LogP contribution is 2.20. The van der Waals surface area contributed by atoms with Crippen molar-refractivity contribution >= 4 is 5.78 Å². The number of rotatable bonds is 1. The Morgan fingerprint density at radius 1 is 1.11 bits per heavy atom. The van der Waals surface area contributed by atoms with Gasteiger partial charge in [-0.1, -0.05) is 12.1 Å². The number of benzene rings is 1. The average molecular weight is 248 g/mol. The van der Waals surface area contributed by atoms with E-state index in [4.69, 9.17) is 5.26 Å². The second kappa shape index (κ2) is 4.21. The Morgan fingerprint density at radius 3 is 2.53 bits per heavy atom. The van der Waals surface area contributed by atoms with Gasteiger partial charge in [0.05, 0.1) is 17.3 Å². The molecule has 0 aliphatic heterocycles. The molecule has 4 nitrogen and oxygen atoms in total. The SMILES string of the molecule is Cc1cc(C)n2cc(-c3ccc(C#N)cc3)nc2n1. The molecule has 0 N–H and O–H groups in total. The van der Waals surface area contributed by atoms with E-state index in [1.165, 1.54) is 0 Å². The second-order valence-corrected chi connectivity index (χ2v) is 4.52. The zero-order valence-corrected chi connectivity index (χ0v) is 10.8. The van der Waals surface area contributed by atoms with Crippen LogP contribution >= 0.6 is 0 Å². The summed E-state index contributed by atoms with van der Waals surface area (Å²) >= 11 is 0. The van der Waals surface area contributed by atoms with E-state index in [0.29, 0.717) is 11.3 Å². The summed E-state index contributed by atoms with van der Waals surface area (Å²) in [4.78, 5) is 8.94. The summed E-state index contributed by atoms with van der Waals surface area (Å²) in [5.41, 5.74) is 4.57. The molecule has 0 unspecified atom stereocenters. The monoisotopic (exact) mass is 248 g/mol. The van der Waals surface area contributed by atoms with Crippen LogP contribution in [0.2, 0.25) is 0 Å². The zero-order chi connectivity index (χ0) is 13.4. The lowest BCUT2D eigenvalue weighted by atomic mass is 10.1. The highest BCUT2D eigenvalue weighted by Gasteiger charge is 2.07. The number of imidazole rings is 1. The van der Waals surface area contributed by atoms with Crippen LogP contribution in [0, 0.1) is 25.2 Å². The van der Waals surface area contributed by atoms with Crippen LogP contribution in [0.1, 0.15) is 17.0 Å². The minimum Gasteiger partial charge on any atom is -0.288 e.